The van der Waals surface area contributed by atoms with E-state index in [1.807, 2.05) is 19.9 Å². The number of ether oxygens (including phenoxy) is 2. The van der Waals surface area contributed by atoms with Crippen molar-refractivity contribution >= 4 is 27.8 Å². The third-order valence-electron chi connectivity index (χ3n) is 6.23. The molecule has 0 atom stereocenters. The first-order chi connectivity index (χ1) is 19.2. The van der Waals surface area contributed by atoms with Gasteiger partial charge < -0.3 is 14.0 Å². The molecule has 3 aromatic carbocycles. The lowest BCUT2D eigenvalue weighted by molar-refractivity contribution is -0.119. The molecule has 1 amide bonds. The fourth-order valence-electron chi connectivity index (χ4n) is 4.27. The number of hydrogen-bond acceptors (Lipinski definition) is 6. The summed E-state index contributed by atoms with van der Waals surface area (Å²) in [6.07, 6.45) is 1.43. The summed E-state index contributed by atoms with van der Waals surface area (Å²) in [5.74, 6) is -0.387. The molecule has 0 spiro atoms. The average Bonchev–Trinajstić information content (AvgIpc) is 3.24. The number of carbonyl (C=O) groups excluding carboxylic acids is 1. The summed E-state index contributed by atoms with van der Waals surface area (Å²) >= 11 is 0. The molecule has 0 unspecified atom stereocenters. The molecule has 1 heterocycles. The summed E-state index contributed by atoms with van der Waals surface area (Å²) < 4.78 is 55.0. The predicted octanol–water partition coefficient (Wildman–Crippen LogP) is 4.60. The monoisotopic (exact) mass is 564 g/mol. The number of aromatic nitrogens is 1. The zero-order chi connectivity index (χ0) is 28.9. The fourth-order valence-corrected chi connectivity index (χ4v) is 5.72. The van der Waals surface area contributed by atoms with E-state index in [2.05, 4.69) is 10.5 Å². The van der Waals surface area contributed by atoms with Crippen molar-refractivity contribution in [2.45, 2.75) is 18.7 Å². The number of hydrazone groups is 1. The number of para-hydroxylation sites is 1. The normalized spacial score (nSPS) is 11.4. The molecule has 0 radical (unpaired) electrons. The van der Waals surface area contributed by atoms with Gasteiger partial charge in [0.2, 0.25) is 0 Å². The van der Waals surface area contributed by atoms with Crippen molar-refractivity contribution in [1.82, 2.24) is 9.99 Å². The van der Waals surface area contributed by atoms with Crippen LogP contribution < -0.4 is 19.2 Å². The summed E-state index contributed by atoms with van der Waals surface area (Å²) in [4.78, 5) is 13.0. The van der Waals surface area contributed by atoms with Gasteiger partial charge in [-0.3, -0.25) is 9.10 Å². The highest BCUT2D eigenvalue weighted by molar-refractivity contribution is 7.92. The summed E-state index contributed by atoms with van der Waals surface area (Å²) in [6.45, 7) is 3.07. The topological polar surface area (TPSA) is 102 Å². The van der Waals surface area contributed by atoms with Crippen molar-refractivity contribution in [3.8, 4) is 17.2 Å². The van der Waals surface area contributed by atoms with E-state index in [9.17, 15) is 17.6 Å². The molecule has 0 bridgehead atoms. The number of nitrogens with one attached hydrogen (secondary N) is 1. The molecule has 1 N–H and O–H groups in total. The molecular formula is C29H29FN4O5S. The van der Waals surface area contributed by atoms with Gasteiger partial charge in [0.25, 0.3) is 15.9 Å². The van der Waals surface area contributed by atoms with Crippen molar-refractivity contribution in [2.75, 3.05) is 25.1 Å². The average molecular weight is 565 g/mol. The molecule has 11 heteroatoms. The van der Waals surface area contributed by atoms with Crippen LogP contribution in [-0.4, -0.2) is 45.9 Å². The van der Waals surface area contributed by atoms with E-state index in [0.717, 1.165) is 15.7 Å². The van der Waals surface area contributed by atoms with Crippen LogP contribution in [-0.2, 0) is 14.8 Å². The van der Waals surface area contributed by atoms with Crippen LogP contribution in [0.3, 0.4) is 0 Å². The smallest absolute Gasteiger partial charge is 0.264 e. The van der Waals surface area contributed by atoms with Crippen LogP contribution in [0.15, 0.2) is 88.9 Å². The molecule has 4 aromatic rings. The molecule has 0 saturated carbocycles. The summed E-state index contributed by atoms with van der Waals surface area (Å²) in [7, 11) is -1.29. The van der Waals surface area contributed by atoms with Gasteiger partial charge in [0.1, 0.15) is 23.9 Å². The highest BCUT2D eigenvalue weighted by atomic mass is 32.2. The second kappa shape index (κ2) is 12.0. The summed E-state index contributed by atoms with van der Waals surface area (Å²) in [5.41, 5.74) is 5.11. The zero-order valence-electron chi connectivity index (χ0n) is 22.5. The Morgan fingerprint density at radius 3 is 2.38 bits per heavy atom. The number of aryl methyl sites for hydroxylation is 1. The Morgan fingerprint density at radius 1 is 1.00 bits per heavy atom. The Balaban J connectivity index is 1.60. The van der Waals surface area contributed by atoms with Gasteiger partial charge >= 0.3 is 0 Å². The molecule has 40 heavy (non-hydrogen) atoms. The van der Waals surface area contributed by atoms with Gasteiger partial charge in [-0.15, -0.1) is 0 Å². The van der Waals surface area contributed by atoms with Crippen LogP contribution in [0.5, 0.6) is 11.5 Å². The van der Waals surface area contributed by atoms with Crippen LogP contribution in [0.4, 0.5) is 10.1 Å². The van der Waals surface area contributed by atoms with Crippen molar-refractivity contribution in [1.29, 1.82) is 0 Å². The Labute approximate surface area is 232 Å². The predicted molar refractivity (Wildman–Crippen MR) is 151 cm³/mol. The first kappa shape index (κ1) is 28.4. The van der Waals surface area contributed by atoms with E-state index in [0.29, 0.717) is 17.0 Å². The van der Waals surface area contributed by atoms with Gasteiger partial charge in [-0.1, -0.05) is 30.3 Å². The number of carbonyl (C=O) groups is 1. The van der Waals surface area contributed by atoms with E-state index in [1.165, 1.54) is 50.8 Å². The Bertz CT molecular complexity index is 1650. The van der Waals surface area contributed by atoms with E-state index < -0.39 is 22.5 Å². The maximum atomic E-state index is 14.4. The van der Waals surface area contributed by atoms with Crippen LogP contribution in [0, 0.1) is 19.7 Å². The third-order valence-corrected chi connectivity index (χ3v) is 8.00. The Hall–Kier alpha value is -4.64. The number of anilines is 1. The molecule has 0 saturated heterocycles. The van der Waals surface area contributed by atoms with E-state index >= 15 is 0 Å². The van der Waals surface area contributed by atoms with Gasteiger partial charge in [-0.25, -0.2) is 18.2 Å². The second-order valence-corrected chi connectivity index (χ2v) is 10.6. The molecule has 0 aliphatic rings. The Kier molecular flexibility index (Phi) is 8.54. The lowest BCUT2D eigenvalue weighted by atomic mass is 10.2. The van der Waals surface area contributed by atoms with Crippen LogP contribution >= 0.6 is 0 Å². The minimum absolute atomic E-state index is 0.00440. The van der Waals surface area contributed by atoms with E-state index in [-0.39, 0.29) is 22.1 Å². The number of sulfonamides is 1. The number of benzene rings is 3. The van der Waals surface area contributed by atoms with Crippen molar-refractivity contribution in [3.63, 3.8) is 0 Å². The minimum atomic E-state index is -4.16. The second-order valence-electron chi connectivity index (χ2n) is 8.77. The van der Waals surface area contributed by atoms with E-state index in [1.54, 1.807) is 47.0 Å². The van der Waals surface area contributed by atoms with E-state index in [4.69, 9.17) is 9.47 Å². The molecule has 1 aromatic heterocycles. The first-order valence-corrected chi connectivity index (χ1v) is 13.7. The number of hydrogen-bond donors (Lipinski definition) is 1. The van der Waals surface area contributed by atoms with Crippen molar-refractivity contribution in [2.24, 2.45) is 5.10 Å². The third kappa shape index (κ3) is 5.84. The maximum Gasteiger partial charge on any atom is 0.264 e. The number of amides is 1. The fraction of sp³-hybridized carbons (Fsp3) is 0.172. The summed E-state index contributed by atoms with van der Waals surface area (Å²) in [5, 5.41) is 4.04. The number of methoxy groups -OCH3 is 2. The van der Waals surface area contributed by atoms with Crippen molar-refractivity contribution < 1.29 is 27.1 Å². The lowest BCUT2D eigenvalue weighted by Gasteiger charge is -2.25. The summed E-state index contributed by atoms with van der Waals surface area (Å²) in [6, 6.07) is 20.6. The molecule has 0 aliphatic carbocycles. The van der Waals surface area contributed by atoms with Crippen LogP contribution in [0.1, 0.15) is 17.0 Å². The molecule has 9 nitrogen and oxygen atoms in total. The lowest BCUT2D eigenvalue weighted by Crippen LogP contribution is -2.39. The van der Waals surface area contributed by atoms with Gasteiger partial charge in [-0.2, -0.15) is 5.10 Å². The molecule has 208 valence electrons. The number of rotatable bonds is 10. The van der Waals surface area contributed by atoms with Crippen molar-refractivity contribution in [3.05, 3.63) is 102 Å². The largest absolute Gasteiger partial charge is 0.497 e. The minimum Gasteiger partial charge on any atom is -0.497 e. The quantitative estimate of drug-likeness (QED) is 0.224. The highest BCUT2D eigenvalue weighted by Gasteiger charge is 2.29. The maximum absolute atomic E-state index is 14.4. The van der Waals surface area contributed by atoms with Crippen LogP contribution in [0.25, 0.3) is 5.69 Å². The van der Waals surface area contributed by atoms with Gasteiger partial charge in [0, 0.05) is 23.0 Å². The standard InChI is InChI=1S/C29H29FN4O5S/c1-20-16-22(21(2)34(20)26-13-9-8-12-25(26)30)18-31-32-29(35)19-33(40(36,37)24-10-6-5-7-11-24)27-15-14-23(38-3)17-28(27)39-4/h5-18H,19H2,1-4H3,(H,32,35)/b31-18-. The number of halogens is 1. The molecule has 0 aliphatic heterocycles. The molecular weight excluding hydrogens is 535 g/mol. The van der Waals surface area contributed by atoms with Gasteiger partial charge in [0.15, 0.2) is 0 Å². The van der Waals surface area contributed by atoms with Gasteiger partial charge in [-0.05, 0) is 56.3 Å². The first-order valence-electron chi connectivity index (χ1n) is 12.2. The molecule has 4 rings (SSSR count). The molecule has 0 fully saturated rings. The van der Waals surface area contributed by atoms with Crippen LogP contribution in [0.2, 0.25) is 0 Å². The SMILES string of the molecule is COc1ccc(N(CC(=O)N/N=C\c2cc(C)n(-c3ccccc3F)c2C)S(=O)(=O)c2ccccc2)c(OC)c1. The number of nitrogens with zero attached hydrogens (tertiary/aromatic N) is 3. The highest BCUT2D eigenvalue weighted by Crippen LogP contribution is 2.35. The zero-order valence-corrected chi connectivity index (χ0v) is 23.3. The van der Waals surface area contributed by atoms with Gasteiger partial charge in [0.05, 0.1) is 36.7 Å². The Morgan fingerprint density at radius 2 is 1.70 bits per heavy atom.